The van der Waals surface area contributed by atoms with E-state index in [2.05, 4.69) is 15.6 Å². The Kier molecular flexibility index (Phi) is 4.90. The highest BCUT2D eigenvalue weighted by molar-refractivity contribution is 6.04. The van der Waals surface area contributed by atoms with Crippen LogP contribution in [0.15, 0.2) is 67.0 Å². The van der Waals surface area contributed by atoms with Crippen LogP contribution < -0.4 is 5.32 Å². The molecule has 0 saturated carbocycles. The van der Waals surface area contributed by atoms with E-state index in [0.717, 1.165) is 23.3 Å². The quantitative estimate of drug-likeness (QED) is 0.558. The van der Waals surface area contributed by atoms with Crippen LogP contribution in [0.3, 0.4) is 0 Å². The first kappa shape index (κ1) is 18.5. The number of carbonyl (C=O) groups excluding carboxylic acids is 1. The molecule has 1 amide bonds. The van der Waals surface area contributed by atoms with Gasteiger partial charge in [0.15, 0.2) is 23.1 Å². The molecular weight excluding hydrogens is 376 g/mol. The van der Waals surface area contributed by atoms with E-state index < -0.39 is 17.5 Å². The fourth-order valence-electron chi connectivity index (χ4n) is 3.04. The highest BCUT2D eigenvalue weighted by Crippen LogP contribution is 2.18. The number of halogens is 2. The third kappa shape index (κ3) is 3.91. The molecule has 2 heterocycles. The van der Waals surface area contributed by atoms with Crippen LogP contribution in [0, 0.1) is 18.6 Å². The number of benzene rings is 2. The Bertz CT molecular complexity index is 1170. The molecule has 2 aromatic heterocycles. The molecule has 0 aliphatic rings. The fraction of sp³-hybridized carbons (Fsp3) is 0.0952. The van der Waals surface area contributed by atoms with E-state index in [0.29, 0.717) is 12.4 Å². The molecule has 0 saturated heterocycles. The van der Waals surface area contributed by atoms with Crippen LogP contribution in [-0.4, -0.2) is 25.5 Å². The van der Waals surface area contributed by atoms with Crippen molar-refractivity contribution in [2.75, 3.05) is 5.32 Å². The molecule has 0 spiro atoms. The molecule has 8 heteroatoms. The van der Waals surface area contributed by atoms with Gasteiger partial charge >= 0.3 is 0 Å². The summed E-state index contributed by atoms with van der Waals surface area (Å²) < 4.78 is 29.9. The smallest absolute Gasteiger partial charge is 0.280 e. The molecule has 1 N–H and O–H groups in total. The Hall–Kier alpha value is -3.81. The summed E-state index contributed by atoms with van der Waals surface area (Å²) in [6.45, 7) is 2.42. The molecule has 29 heavy (non-hydrogen) atoms. The highest BCUT2D eigenvalue weighted by atomic mass is 19.2. The number of carbonyl (C=O) groups is 1. The Morgan fingerprint density at radius 3 is 2.55 bits per heavy atom. The second-order valence-electron chi connectivity index (χ2n) is 6.58. The van der Waals surface area contributed by atoms with Gasteiger partial charge < -0.3 is 9.88 Å². The topological polar surface area (TPSA) is 64.7 Å². The first-order valence-corrected chi connectivity index (χ1v) is 8.90. The van der Waals surface area contributed by atoms with Gasteiger partial charge in [0, 0.05) is 24.1 Å². The molecule has 0 aliphatic heterocycles. The van der Waals surface area contributed by atoms with Gasteiger partial charge in [-0.25, -0.2) is 13.5 Å². The number of hydrogen-bond acceptors (Lipinski definition) is 3. The lowest BCUT2D eigenvalue weighted by Crippen LogP contribution is -2.17. The van der Waals surface area contributed by atoms with E-state index >= 15 is 0 Å². The molecule has 0 aliphatic carbocycles. The molecule has 0 bridgehead atoms. The maximum absolute atomic E-state index is 13.5. The molecule has 4 aromatic rings. The number of anilines is 1. The van der Waals surface area contributed by atoms with Gasteiger partial charge in [-0.15, -0.1) is 5.10 Å². The lowest BCUT2D eigenvalue weighted by atomic mass is 10.1. The summed E-state index contributed by atoms with van der Waals surface area (Å²) in [6, 6.07) is 14.7. The number of nitrogens with one attached hydrogen (secondary N) is 1. The third-order valence-electron chi connectivity index (χ3n) is 4.37. The van der Waals surface area contributed by atoms with Crippen LogP contribution in [0.5, 0.6) is 0 Å². The fourth-order valence-corrected chi connectivity index (χ4v) is 3.04. The van der Waals surface area contributed by atoms with Gasteiger partial charge in [-0.1, -0.05) is 35.0 Å². The number of hydrogen-bond donors (Lipinski definition) is 1. The van der Waals surface area contributed by atoms with Crippen molar-refractivity contribution in [2.24, 2.45) is 0 Å². The van der Waals surface area contributed by atoms with Crippen molar-refractivity contribution in [1.29, 1.82) is 0 Å². The van der Waals surface area contributed by atoms with Crippen LogP contribution in [-0.2, 0) is 6.54 Å². The van der Waals surface area contributed by atoms with E-state index in [9.17, 15) is 13.6 Å². The minimum absolute atomic E-state index is 0.0681. The second-order valence-corrected chi connectivity index (χ2v) is 6.58. The molecule has 6 nitrogen and oxygen atoms in total. The second kappa shape index (κ2) is 7.67. The number of nitrogens with zero attached hydrogens (tertiary/aromatic N) is 4. The highest BCUT2D eigenvalue weighted by Gasteiger charge is 2.22. The van der Waals surface area contributed by atoms with Gasteiger partial charge in [-0.2, -0.15) is 0 Å². The summed E-state index contributed by atoms with van der Waals surface area (Å²) >= 11 is 0. The van der Waals surface area contributed by atoms with Crippen molar-refractivity contribution >= 4 is 11.6 Å². The molecule has 0 unspecified atom stereocenters. The molecule has 0 fully saturated rings. The summed E-state index contributed by atoms with van der Waals surface area (Å²) in [6.07, 6.45) is 3.56. The normalized spacial score (nSPS) is 10.9. The van der Waals surface area contributed by atoms with E-state index in [-0.39, 0.29) is 11.4 Å². The average Bonchev–Trinajstić information content (AvgIpc) is 3.34. The van der Waals surface area contributed by atoms with Crippen LogP contribution >= 0.6 is 0 Å². The minimum atomic E-state index is -1.04. The van der Waals surface area contributed by atoms with Crippen LogP contribution in [0.4, 0.5) is 14.5 Å². The Morgan fingerprint density at radius 2 is 1.83 bits per heavy atom. The predicted molar refractivity (Wildman–Crippen MR) is 104 cm³/mol. The molecule has 0 radical (unpaired) electrons. The molecular formula is C21H17F2N5O. The van der Waals surface area contributed by atoms with Crippen LogP contribution in [0.25, 0.3) is 5.82 Å². The zero-order valence-corrected chi connectivity index (χ0v) is 15.5. The summed E-state index contributed by atoms with van der Waals surface area (Å²) in [7, 11) is 0. The number of aromatic nitrogens is 4. The third-order valence-corrected chi connectivity index (χ3v) is 4.37. The Balaban J connectivity index is 1.68. The molecule has 4 rings (SSSR count). The van der Waals surface area contributed by atoms with Crippen molar-refractivity contribution in [3.8, 4) is 5.82 Å². The van der Waals surface area contributed by atoms with Crippen molar-refractivity contribution in [3.05, 3.63) is 95.4 Å². The van der Waals surface area contributed by atoms with Crippen molar-refractivity contribution in [3.63, 3.8) is 0 Å². The van der Waals surface area contributed by atoms with E-state index in [1.54, 1.807) is 21.6 Å². The zero-order chi connectivity index (χ0) is 20.4. The summed E-state index contributed by atoms with van der Waals surface area (Å²) in [5, 5.41) is 10.7. The number of amides is 1. The van der Waals surface area contributed by atoms with Gasteiger partial charge in [0.1, 0.15) is 0 Å². The van der Waals surface area contributed by atoms with Crippen molar-refractivity contribution in [2.45, 2.75) is 13.5 Å². The van der Waals surface area contributed by atoms with E-state index in [1.165, 1.54) is 6.07 Å². The van der Waals surface area contributed by atoms with Gasteiger partial charge in [0.05, 0.1) is 6.54 Å². The SMILES string of the molecule is Cc1cccc(Cn2nnc(C(=O)Nc3ccc(F)c(F)c3)c2-n2cccc2)c1. The maximum atomic E-state index is 13.5. The Morgan fingerprint density at radius 1 is 1.03 bits per heavy atom. The lowest BCUT2D eigenvalue weighted by Gasteiger charge is -2.10. The standard InChI is InChI=1S/C21H17F2N5O/c1-14-5-4-6-15(11-14)13-28-21(27-9-2-3-10-27)19(25-26-28)20(29)24-16-7-8-17(22)18(23)12-16/h2-12H,13H2,1H3,(H,24,29). The average molecular weight is 393 g/mol. The van der Waals surface area contributed by atoms with Gasteiger partial charge in [-0.05, 0) is 36.8 Å². The number of rotatable bonds is 5. The van der Waals surface area contributed by atoms with Gasteiger partial charge in [0.25, 0.3) is 5.91 Å². The van der Waals surface area contributed by atoms with E-state index in [1.807, 2.05) is 43.3 Å². The van der Waals surface area contributed by atoms with E-state index in [4.69, 9.17) is 0 Å². The first-order chi connectivity index (χ1) is 14.0. The summed E-state index contributed by atoms with van der Waals surface area (Å²) in [5.41, 5.74) is 2.32. The van der Waals surface area contributed by atoms with Gasteiger partial charge in [0.2, 0.25) is 0 Å². The molecule has 0 atom stereocenters. The van der Waals surface area contributed by atoms with Gasteiger partial charge in [-0.3, -0.25) is 4.79 Å². The molecule has 2 aromatic carbocycles. The van der Waals surface area contributed by atoms with Crippen LogP contribution in [0.1, 0.15) is 21.6 Å². The summed E-state index contributed by atoms with van der Waals surface area (Å²) in [4.78, 5) is 12.8. The summed E-state index contributed by atoms with van der Waals surface area (Å²) in [5.74, 6) is -2.14. The lowest BCUT2D eigenvalue weighted by molar-refractivity contribution is 0.102. The number of aryl methyl sites for hydroxylation is 1. The Labute approximate surface area is 165 Å². The van der Waals surface area contributed by atoms with Crippen molar-refractivity contribution < 1.29 is 13.6 Å². The largest absolute Gasteiger partial charge is 0.320 e. The first-order valence-electron chi connectivity index (χ1n) is 8.90. The van der Waals surface area contributed by atoms with Crippen LogP contribution in [0.2, 0.25) is 0 Å². The minimum Gasteiger partial charge on any atom is -0.320 e. The maximum Gasteiger partial charge on any atom is 0.280 e. The predicted octanol–water partition coefficient (Wildman–Crippen LogP) is 3.96. The molecule has 146 valence electrons. The zero-order valence-electron chi connectivity index (χ0n) is 15.5. The van der Waals surface area contributed by atoms with Crippen molar-refractivity contribution in [1.82, 2.24) is 19.6 Å². The monoisotopic (exact) mass is 393 g/mol.